The van der Waals surface area contributed by atoms with Crippen molar-refractivity contribution < 1.29 is 8.42 Å². The molecule has 0 aromatic heterocycles. The second-order valence-corrected chi connectivity index (χ2v) is 7.57. The lowest BCUT2D eigenvalue weighted by molar-refractivity contribution is 0.580. The fourth-order valence-corrected chi connectivity index (χ4v) is 3.97. The van der Waals surface area contributed by atoms with Crippen LogP contribution in [0.5, 0.6) is 0 Å². The first kappa shape index (κ1) is 18.0. The zero-order valence-corrected chi connectivity index (χ0v) is 14.7. The summed E-state index contributed by atoms with van der Waals surface area (Å²) in [4.78, 5) is 0.290. The number of nitrogens with zero attached hydrogens (tertiary/aromatic N) is 1. The van der Waals surface area contributed by atoms with Gasteiger partial charge in [-0.1, -0.05) is 48.0 Å². The minimum absolute atomic E-state index is 0.00271. The molecule has 0 fully saturated rings. The Morgan fingerprint density at radius 1 is 1.04 bits per heavy atom. The lowest BCUT2D eigenvalue weighted by Crippen LogP contribution is -2.35. The molecule has 0 N–H and O–H groups in total. The van der Waals surface area contributed by atoms with Gasteiger partial charge in [0.15, 0.2) is 0 Å². The van der Waals surface area contributed by atoms with Crippen molar-refractivity contribution in [3.8, 4) is 0 Å². The molecular formula is C20H23NO2S. The van der Waals surface area contributed by atoms with Crippen molar-refractivity contribution in [1.29, 1.82) is 0 Å². The van der Waals surface area contributed by atoms with Crippen LogP contribution in [0.2, 0.25) is 0 Å². The van der Waals surface area contributed by atoms with E-state index in [4.69, 9.17) is 0 Å². The Morgan fingerprint density at radius 3 is 2.21 bits per heavy atom. The van der Waals surface area contributed by atoms with Crippen LogP contribution in [0.4, 0.5) is 5.69 Å². The van der Waals surface area contributed by atoms with E-state index in [-0.39, 0.29) is 5.92 Å². The number of rotatable bonds is 8. The quantitative estimate of drug-likeness (QED) is 0.660. The number of para-hydroxylation sites is 1. The van der Waals surface area contributed by atoms with E-state index in [2.05, 4.69) is 13.2 Å². The third kappa shape index (κ3) is 4.15. The highest BCUT2D eigenvalue weighted by Crippen LogP contribution is 2.26. The van der Waals surface area contributed by atoms with Crippen LogP contribution in [0.25, 0.3) is 0 Å². The summed E-state index contributed by atoms with van der Waals surface area (Å²) in [7, 11) is -3.64. The molecule has 0 aliphatic carbocycles. The number of aryl methyl sites for hydroxylation is 1. The van der Waals surface area contributed by atoms with Gasteiger partial charge in [0.1, 0.15) is 0 Å². The Bertz CT molecular complexity index is 780. The molecule has 0 spiro atoms. The maximum absolute atomic E-state index is 13.2. The first-order valence-electron chi connectivity index (χ1n) is 7.87. The van der Waals surface area contributed by atoms with Crippen LogP contribution >= 0.6 is 0 Å². The van der Waals surface area contributed by atoms with Gasteiger partial charge in [-0.15, -0.1) is 13.2 Å². The second-order valence-electron chi connectivity index (χ2n) is 5.70. The Balaban J connectivity index is 2.46. The number of sulfonamides is 1. The summed E-state index contributed by atoms with van der Waals surface area (Å²) in [6.45, 7) is 9.83. The average molecular weight is 341 g/mol. The van der Waals surface area contributed by atoms with E-state index in [0.29, 0.717) is 23.5 Å². The highest BCUT2D eigenvalue weighted by molar-refractivity contribution is 7.92. The van der Waals surface area contributed by atoms with Crippen molar-refractivity contribution in [2.45, 2.75) is 18.2 Å². The lowest BCUT2D eigenvalue weighted by atomic mass is 10.1. The van der Waals surface area contributed by atoms with Gasteiger partial charge in [-0.2, -0.15) is 0 Å². The third-order valence-corrected chi connectivity index (χ3v) is 5.66. The monoisotopic (exact) mass is 341 g/mol. The number of benzene rings is 2. The molecule has 0 heterocycles. The number of anilines is 1. The molecule has 0 aliphatic heterocycles. The summed E-state index contributed by atoms with van der Waals surface area (Å²) >= 11 is 0. The minimum Gasteiger partial charge on any atom is -0.266 e. The first-order chi connectivity index (χ1) is 11.5. The fraction of sp³-hybridized carbons (Fsp3) is 0.200. The highest BCUT2D eigenvalue weighted by Gasteiger charge is 2.26. The smallest absolute Gasteiger partial charge is 0.264 e. The van der Waals surface area contributed by atoms with Crippen LogP contribution in [0.1, 0.15) is 12.0 Å². The van der Waals surface area contributed by atoms with Gasteiger partial charge in [-0.05, 0) is 43.5 Å². The van der Waals surface area contributed by atoms with E-state index in [1.165, 1.54) is 4.31 Å². The fourth-order valence-electron chi connectivity index (χ4n) is 2.45. The van der Waals surface area contributed by atoms with Crippen LogP contribution in [0, 0.1) is 12.8 Å². The number of allylic oxidation sites excluding steroid dienone is 1. The highest BCUT2D eigenvalue weighted by atomic mass is 32.2. The maximum Gasteiger partial charge on any atom is 0.264 e. The zero-order valence-electron chi connectivity index (χ0n) is 13.9. The normalized spacial score (nSPS) is 12.4. The van der Waals surface area contributed by atoms with Gasteiger partial charge in [-0.3, -0.25) is 4.31 Å². The standard InChI is InChI=1S/C20H23NO2S/c1-4-9-18(5-2)16-21(19-10-7-6-8-11-19)24(22,23)20-14-12-17(3)13-15-20/h4-8,10-15,18H,1-2,9,16H2,3H3/t18-/m0/s1. The van der Waals surface area contributed by atoms with E-state index >= 15 is 0 Å². The van der Waals surface area contributed by atoms with Crippen LogP contribution in [0.15, 0.2) is 84.8 Å². The molecule has 3 nitrogen and oxygen atoms in total. The minimum atomic E-state index is -3.64. The predicted molar refractivity (Wildman–Crippen MR) is 101 cm³/mol. The van der Waals surface area contributed by atoms with Crippen LogP contribution < -0.4 is 4.31 Å². The van der Waals surface area contributed by atoms with Crippen LogP contribution in [0.3, 0.4) is 0 Å². The summed E-state index contributed by atoms with van der Waals surface area (Å²) in [5.41, 5.74) is 1.67. The Morgan fingerprint density at radius 2 is 1.67 bits per heavy atom. The van der Waals surface area contributed by atoms with Crippen molar-refractivity contribution in [3.05, 3.63) is 85.5 Å². The van der Waals surface area contributed by atoms with E-state index in [9.17, 15) is 8.42 Å². The molecular weight excluding hydrogens is 318 g/mol. The molecule has 1 atom stereocenters. The molecule has 0 unspecified atom stereocenters. The molecule has 24 heavy (non-hydrogen) atoms. The van der Waals surface area contributed by atoms with Gasteiger partial charge >= 0.3 is 0 Å². The van der Waals surface area contributed by atoms with Crippen molar-refractivity contribution in [2.24, 2.45) is 5.92 Å². The van der Waals surface area contributed by atoms with E-state index < -0.39 is 10.0 Å². The average Bonchev–Trinajstić information content (AvgIpc) is 2.59. The van der Waals surface area contributed by atoms with Crippen molar-refractivity contribution in [2.75, 3.05) is 10.8 Å². The summed E-state index contributed by atoms with van der Waals surface area (Å²) in [6, 6.07) is 16.1. The van der Waals surface area contributed by atoms with Gasteiger partial charge in [-0.25, -0.2) is 8.42 Å². The van der Waals surface area contributed by atoms with Gasteiger partial charge in [0.2, 0.25) is 0 Å². The van der Waals surface area contributed by atoms with Crippen molar-refractivity contribution >= 4 is 15.7 Å². The van der Waals surface area contributed by atoms with Crippen LogP contribution in [-0.2, 0) is 10.0 Å². The van der Waals surface area contributed by atoms with E-state index in [0.717, 1.165) is 5.56 Å². The van der Waals surface area contributed by atoms with Crippen molar-refractivity contribution in [3.63, 3.8) is 0 Å². The second kappa shape index (κ2) is 7.97. The van der Waals surface area contributed by atoms with E-state index in [1.807, 2.05) is 37.3 Å². The van der Waals surface area contributed by atoms with Crippen molar-refractivity contribution in [1.82, 2.24) is 0 Å². The van der Waals surface area contributed by atoms with Gasteiger partial charge in [0.05, 0.1) is 10.6 Å². The van der Waals surface area contributed by atoms with Gasteiger partial charge < -0.3 is 0 Å². The van der Waals surface area contributed by atoms with Crippen LogP contribution in [-0.4, -0.2) is 15.0 Å². The zero-order chi connectivity index (χ0) is 17.6. The molecule has 0 aliphatic rings. The predicted octanol–water partition coefficient (Wildman–Crippen LogP) is 4.57. The molecule has 2 aromatic carbocycles. The molecule has 0 bridgehead atoms. The molecule has 2 rings (SSSR count). The largest absolute Gasteiger partial charge is 0.266 e. The Kier molecular flexibility index (Phi) is 5.99. The van der Waals surface area contributed by atoms with Gasteiger partial charge in [0, 0.05) is 6.54 Å². The summed E-state index contributed by atoms with van der Waals surface area (Å²) in [5, 5.41) is 0. The van der Waals surface area contributed by atoms with E-state index in [1.54, 1.807) is 36.4 Å². The Hall–Kier alpha value is -2.33. The number of hydrogen-bond acceptors (Lipinski definition) is 2. The molecule has 0 saturated heterocycles. The molecule has 126 valence electrons. The van der Waals surface area contributed by atoms with Gasteiger partial charge in [0.25, 0.3) is 10.0 Å². The molecule has 0 radical (unpaired) electrons. The Labute approximate surface area is 145 Å². The molecule has 4 heteroatoms. The third-order valence-electron chi connectivity index (χ3n) is 3.86. The first-order valence-corrected chi connectivity index (χ1v) is 9.31. The molecule has 2 aromatic rings. The molecule has 0 saturated carbocycles. The summed E-state index contributed by atoms with van der Waals surface area (Å²) in [5.74, 6) is 0.00271. The summed E-state index contributed by atoms with van der Waals surface area (Å²) < 4.78 is 27.8. The summed E-state index contributed by atoms with van der Waals surface area (Å²) in [6.07, 6.45) is 4.24. The topological polar surface area (TPSA) is 37.4 Å². The maximum atomic E-state index is 13.2. The SMILES string of the molecule is C=CC[C@H](C=C)CN(c1ccccc1)S(=O)(=O)c1ccc(C)cc1. The molecule has 0 amide bonds. The lowest BCUT2D eigenvalue weighted by Gasteiger charge is -2.27. The number of hydrogen-bond donors (Lipinski definition) is 0.